The van der Waals surface area contributed by atoms with Gasteiger partial charge in [0.25, 0.3) is 0 Å². The number of rotatable bonds is 4. The molecule has 0 saturated heterocycles. The Hall–Kier alpha value is -2.48. The number of nitrogens with zero attached hydrogens (tertiary/aromatic N) is 2. The number of nitrogens with one attached hydrogen (secondary N) is 1. The maximum atomic E-state index is 14.4. The molecule has 0 aliphatic rings. The Morgan fingerprint density at radius 2 is 2.12 bits per heavy atom. The van der Waals surface area contributed by atoms with E-state index in [0.717, 1.165) is 0 Å². The van der Waals surface area contributed by atoms with Crippen molar-refractivity contribution in [2.45, 2.75) is 32.4 Å². The minimum atomic E-state index is -1.04. The first-order valence-corrected chi connectivity index (χ1v) is 7.34. The zero-order valence-corrected chi connectivity index (χ0v) is 14.0. The van der Waals surface area contributed by atoms with Crippen LogP contribution in [-0.4, -0.2) is 40.5 Å². The molecule has 130 valence electrons. The molecular formula is C16H20FN3O4. The normalized spacial score (nSPS) is 12.8. The third-order valence-corrected chi connectivity index (χ3v) is 3.11. The number of carbonyl (C=O) groups is 1. The Kier molecular flexibility index (Phi) is 5.18. The molecule has 8 heteroatoms. The van der Waals surface area contributed by atoms with Crippen molar-refractivity contribution in [2.24, 2.45) is 0 Å². The fourth-order valence-corrected chi connectivity index (χ4v) is 2.15. The van der Waals surface area contributed by atoms with Gasteiger partial charge in [0.15, 0.2) is 0 Å². The van der Waals surface area contributed by atoms with Crippen LogP contribution in [0, 0.1) is 5.82 Å². The lowest BCUT2D eigenvalue weighted by molar-refractivity contribution is 0.0481. The van der Waals surface area contributed by atoms with Gasteiger partial charge in [-0.05, 0) is 32.9 Å². The standard InChI is InChI=1S/C16H20FN3O4/c1-16(2,3)24-15(22)19-11(8-21)13-9(17)5-6-10-14(13)20-12(23-4)7-18-10/h5-7,11,21H,8H2,1-4H3,(H,19,22)/t11-/m1/s1. The van der Waals surface area contributed by atoms with E-state index in [1.165, 1.54) is 25.4 Å². The van der Waals surface area contributed by atoms with Gasteiger partial charge < -0.3 is 19.9 Å². The van der Waals surface area contributed by atoms with Crippen LogP contribution >= 0.6 is 0 Å². The minimum absolute atomic E-state index is 0.0206. The fraction of sp³-hybridized carbons (Fsp3) is 0.438. The van der Waals surface area contributed by atoms with Crippen LogP contribution in [-0.2, 0) is 4.74 Å². The number of aliphatic hydroxyl groups excluding tert-OH is 1. The van der Waals surface area contributed by atoms with E-state index in [2.05, 4.69) is 15.3 Å². The Labute approximate surface area is 138 Å². The number of aliphatic hydroxyl groups is 1. The largest absolute Gasteiger partial charge is 0.480 e. The predicted molar refractivity (Wildman–Crippen MR) is 85.2 cm³/mol. The van der Waals surface area contributed by atoms with Crippen LogP contribution in [0.2, 0.25) is 0 Å². The number of hydrogen-bond acceptors (Lipinski definition) is 6. The molecule has 24 heavy (non-hydrogen) atoms. The molecule has 0 fully saturated rings. The van der Waals surface area contributed by atoms with Gasteiger partial charge in [0.05, 0.1) is 31.5 Å². The maximum Gasteiger partial charge on any atom is 0.408 e. The van der Waals surface area contributed by atoms with Gasteiger partial charge in [-0.25, -0.2) is 19.2 Å². The number of carbonyl (C=O) groups excluding carboxylic acids is 1. The lowest BCUT2D eigenvalue weighted by Gasteiger charge is -2.23. The zero-order valence-electron chi connectivity index (χ0n) is 14.0. The van der Waals surface area contributed by atoms with E-state index in [1.807, 2.05) is 0 Å². The van der Waals surface area contributed by atoms with E-state index in [4.69, 9.17) is 9.47 Å². The lowest BCUT2D eigenvalue weighted by Crippen LogP contribution is -2.36. The summed E-state index contributed by atoms with van der Waals surface area (Å²) < 4.78 is 24.5. The van der Waals surface area contributed by atoms with Gasteiger partial charge in [-0.3, -0.25) is 0 Å². The van der Waals surface area contributed by atoms with E-state index in [0.29, 0.717) is 5.52 Å². The average Bonchev–Trinajstić information content (AvgIpc) is 2.50. The van der Waals surface area contributed by atoms with Crippen molar-refractivity contribution in [3.63, 3.8) is 0 Å². The highest BCUT2D eigenvalue weighted by molar-refractivity contribution is 5.80. The quantitative estimate of drug-likeness (QED) is 0.889. The van der Waals surface area contributed by atoms with E-state index >= 15 is 0 Å². The van der Waals surface area contributed by atoms with Gasteiger partial charge in [0, 0.05) is 5.56 Å². The average molecular weight is 337 g/mol. The first-order valence-electron chi connectivity index (χ1n) is 7.34. The highest BCUT2D eigenvalue weighted by Crippen LogP contribution is 2.26. The van der Waals surface area contributed by atoms with Crippen LogP contribution in [0.15, 0.2) is 18.3 Å². The summed E-state index contributed by atoms with van der Waals surface area (Å²) in [7, 11) is 1.41. The molecule has 0 aliphatic heterocycles. The smallest absolute Gasteiger partial charge is 0.408 e. The van der Waals surface area contributed by atoms with Crippen LogP contribution in [0.1, 0.15) is 32.4 Å². The van der Waals surface area contributed by atoms with Crippen LogP contribution < -0.4 is 10.1 Å². The van der Waals surface area contributed by atoms with Gasteiger partial charge in [-0.2, -0.15) is 0 Å². The molecule has 0 radical (unpaired) electrons. The van der Waals surface area contributed by atoms with Gasteiger partial charge in [0.1, 0.15) is 16.9 Å². The van der Waals surface area contributed by atoms with Crippen molar-refractivity contribution in [3.8, 4) is 5.88 Å². The topological polar surface area (TPSA) is 93.6 Å². The number of hydrogen-bond donors (Lipinski definition) is 2. The molecule has 2 N–H and O–H groups in total. The molecule has 2 rings (SSSR count). The molecule has 1 aromatic carbocycles. The molecule has 7 nitrogen and oxygen atoms in total. The summed E-state index contributed by atoms with van der Waals surface area (Å²) in [6.45, 7) is 4.58. The van der Waals surface area contributed by atoms with Crippen molar-refractivity contribution >= 4 is 17.1 Å². The van der Waals surface area contributed by atoms with Crippen molar-refractivity contribution in [3.05, 3.63) is 29.7 Å². The lowest BCUT2D eigenvalue weighted by atomic mass is 10.0. The van der Waals surface area contributed by atoms with Crippen LogP contribution in [0.25, 0.3) is 11.0 Å². The molecule has 0 spiro atoms. The van der Waals surface area contributed by atoms with Gasteiger partial charge in [0.2, 0.25) is 5.88 Å². The molecule has 2 aromatic rings. The number of aromatic nitrogens is 2. The number of fused-ring (bicyclic) bond motifs is 1. The van der Waals surface area contributed by atoms with Crippen molar-refractivity contribution < 1.29 is 23.8 Å². The molecule has 0 bridgehead atoms. The second-order valence-corrected chi connectivity index (χ2v) is 6.12. The minimum Gasteiger partial charge on any atom is -0.480 e. The Balaban J connectivity index is 2.43. The number of methoxy groups -OCH3 is 1. The monoisotopic (exact) mass is 337 g/mol. The first kappa shape index (κ1) is 17.9. The Morgan fingerprint density at radius 3 is 2.71 bits per heavy atom. The number of ether oxygens (including phenoxy) is 2. The highest BCUT2D eigenvalue weighted by atomic mass is 19.1. The summed E-state index contributed by atoms with van der Waals surface area (Å²) in [5, 5.41) is 12.1. The summed E-state index contributed by atoms with van der Waals surface area (Å²) in [6.07, 6.45) is 0.632. The van der Waals surface area contributed by atoms with E-state index in [1.54, 1.807) is 20.8 Å². The summed E-state index contributed by atoms with van der Waals surface area (Å²) in [5.41, 5.74) is -0.0851. The van der Waals surface area contributed by atoms with E-state index < -0.39 is 30.2 Å². The molecule has 1 amide bonds. The van der Waals surface area contributed by atoms with Gasteiger partial charge in [-0.15, -0.1) is 0 Å². The summed E-state index contributed by atoms with van der Waals surface area (Å²) in [6, 6.07) is 1.63. The molecule has 0 aliphatic carbocycles. The third kappa shape index (κ3) is 4.08. The van der Waals surface area contributed by atoms with Crippen molar-refractivity contribution in [2.75, 3.05) is 13.7 Å². The Bertz CT molecular complexity index is 746. The maximum absolute atomic E-state index is 14.4. The first-order chi connectivity index (χ1) is 11.2. The second-order valence-electron chi connectivity index (χ2n) is 6.12. The fourth-order valence-electron chi connectivity index (χ4n) is 2.15. The van der Waals surface area contributed by atoms with E-state index in [9.17, 15) is 14.3 Å². The third-order valence-electron chi connectivity index (χ3n) is 3.11. The SMILES string of the molecule is COc1cnc2ccc(F)c([C@@H](CO)NC(=O)OC(C)(C)C)c2n1. The summed E-state index contributed by atoms with van der Waals surface area (Å²) >= 11 is 0. The molecule has 0 unspecified atom stereocenters. The second kappa shape index (κ2) is 6.96. The van der Waals surface area contributed by atoms with Gasteiger partial charge >= 0.3 is 6.09 Å². The van der Waals surface area contributed by atoms with E-state index in [-0.39, 0.29) is 17.0 Å². The number of amides is 1. The zero-order chi connectivity index (χ0) is 17.9. The summed E-state index contributed by atoms with van der Waals surface area (Å²) in [5.74, 6) is -0.427. The van der Waals surface area contributed by atoms with Gasteiger partial charge in [-0.1, -0.05) is 0 Å². The van der Waals surface area contributed by atoms with Crippen LogP contribution in [0.4, 0.5) is 9.18 Å². The number of halogens is 1. The van der Waals surface area contributed by atoms with Crippen molar-refractivity contribution in [1.82, 2.24) is 15.3 Å². The van der Waals surface area contributed by atoms with Crippen molar-refractivity contribution in [1.29, 1.82) is 0 Å². The molecule has 1 heterocycles. The molecule has 1 atom stereocenters. The summed E-state index contributed by atoms with van der Waals surface area (Å²) in [4.78, 5) is 20.3. The molecule has 0 saturated carbocycles. The predicted octanol–water partition coefficient (Wildman–Crippen LogP) is 2.34. The van der Waals surface area contributed by atoms with Crippen LogP contribution in [0.5, 0.6) is 5.88 Å². The molecular weight excluding hydrogens is 317 g/mol. The van der Waals surface area contributed by atoms with Crippen LogP contribution in [0.3, 0.4) is 0 Å². The molecule has 1 aromatic heterocycles. The number of benzene rings is 1. The highest BCUT2D eigenvalue weighted by Gasteiger charge is 2.25. The Morgan fingerprint density at radius 1 is 1.42 bits per heavy atom. The number of alkyl carbamates (subject to hydrolysis) is 1.